The lowest BCUT2D eigenvalue weighted by molar-refractivity contribution is 0.476. The highest BCUT2D eigenvalue weighted by molar-refractivity contribution is 7.26. The van der Waals surface area contributed by atoms with Crippen LogP contribution in [0, 0.1) is 0 Å². The number of anilines is 3. The smallest absolute Gasteiger partial charge is 0.144 e. The quantitative estimate of drug-likeness (QED) is 0.222. The van der Waals surface area contributed by atoms with E-state index in [-0.39, 0.29) is 5.75 Å². The zero-order chi connectivity index (χ0) is 28.9. The van der Waals surface area contributed by atoms with Crippen LogP contribution in [0.5, 0.6) is 5.75 Å². The maximum absolute atomic E-state index is 10.6. The normalized spacial score (nSPS) is 11.5. The molecule has 3 aromatic heterocycles. The molecule has 0 fully saturated rings. The number of imidazole rings is 1. The predicted octanol–water partition coefficient (Wildman–Crippen LogP) is 9.85. The van der Waals surface area contributed by atoms with Crippen molar-refractivity contribution in [1.82, 2.24) is 14.5 Å². The van der Waals surface area contributed by atoms with E-state index in [9.17, 15) is 5.11 Å². The molecule has 43 heavy (non-hydrogen) atoms. The first-order chi connectivity index (χ1) is 21.2. The number of nitrogens with zero attached hydrogens (tertiary/aromatic N) is 4. The summed E-state index contributed by atoms with van der Waals surface area (Å²) in [5, 5.41) is 13.0. The average molecular weight is 575 g/mol. The van der Waals surface area contributed by atoms with Gasteiger partial charge in [0.2, 0.25) is 0 Å². The molecule has 206 valence electrons. The highest BCUT2D eigenvalue weighted by Crippen LogP contribution is 2.45. The van der Waals surface area contributed by atoms with E-state index >= 15 is 0 Å². The number of aromatic nitrogens is 3. The number of aromatic hydroxyl groups is 1. The Labute approximate surface area is 252 Å². The van der Waals surface area contributed by atoms with Gasteiger partial charge in [-0.05, 0) is 66.2 Å². The Bertz CT molecular complexity index is 2290. The summed E-state index contributed by atoms with van der Waals surface area (Å²) in [6, 6.07) is 43.3. The number of phenols is 1. The molecule has 0 unspecified atom stereocenters. The third-order valence-corrected chi connectivity index (χ3v) is 9.11. The van der Waals surface area contributed by atoms with E-state index in [1.54, 1.807) is 6.07 Å². The molecule has 0 saturated carbocycles. The van der Waals surface area contributed by atoms with Crippen LogP contribution in [-0.4, -0.2) is 19.6 Å². The van der Waals surface area contributed by atoms with Crippen molar-refractivity contribution in [3.8, 4) is 28.3 Å². The van der Waals surface area contributed by atoms with E-state index in [4.69, 9.17) is 9.97 Å². The van der Waals surface area contributed by atoms with Gasteiger partial charge in [-0.3, -0.25) is 4.90 Å². The van der Waals surface area contributed by atoms with Crippen molar-refractivity contribution in [3.63, 3.8) is 0 Å². The van der Waals surface area contributed by atoms with E-state index in [1.165, 1.54) is 20.2 Å². The lowest BCUT2D eigenvalue weighted by Crippen LogP contribution is -2.11. The summed E-state index contributed by atoms with van der Waals surface area (Å²) in [5.74, 6) is 1.79. The Morgan fingerprint density at radius 2 is 1.49 bits per heavy atom. The van der Waals surface area contributed by atoms with Gasteiger partial charge in [0.05, 0.1) is 22.3 Å². The fraction of sp³-hybridized carbons (Fsp3) is 0.0270. The monoisotopic (exact) mass is 574 g/mol. The molecule has 8 rings (SSSR count). The maximum atomic E-state index is 10.6. The molecule has 1 N–H and O–H groups in total. The standard InChI is InChI=1S/C37H26N4OS/c1-40-30-17-9-15-26(36(30)39-37(40)27-13-2-4-18-31(27)42)24-11-8-12-25(23-24)41(34-21-6-7-22-38-34)29-16-10-20-33-35(29)28-14-3-5-19-32(28)43-33/h2-23,42H,1H3. The van der Waals surface area contributed by atoms with Crippen LogP contribution in [-0.2, 0) is 7.05 Å². The summed E-state index contributed by atoms with van der Waals surface area (Å²) in [4.78, 5) is 12.1. The van der Waals surface area contributed by atoms with Gasteiger partial charge in [-0.2, -0.15) is 0 Å². The zero-order valence-corrected chi connectivity index (χ0v) is 24.2. The summed E-state index contributed by atoms with van der Waals surface area (Å²) in [6.07, 6.45) is 1.84. The van der Waals surface area contributed by atoms with Gasteiger partial charge in [0.15, 0.2) is 0 Å². The molecule has 0 bridgehead atoms. The van der Waals surface area contributed by atoms with Crippen molar-refractivity contribution in [2.24, 2.45) is 7.05 Å². The van der Waals surface area contributed by atoms with Crippen LogP contribution in [0.3, 0.4) is 0 Å². The lowest BCUT2D eigenvalue weighted by atomic mass is 10.0. The van der Waals surface area contributed by atoms with Crippen molar-refractivity contribution in [3.05, 3.63) is 134 Å². The molecule has 0 atom stereocenters. The lowest BCUT2D eigenvalue weighted by Gasteiger charge is -2.25. The number of rotatable bonds is 5. The van der Waals surface area contributed by atoms with Crippen LogP contribution < -0.4 is 4.90 Å². The molecule has 0 amide bonds. The number of fused-ring (bicyclic) bond motifs is 4. The molecular weight excluding hydrogens is 549 g/mol. The molecule has 3 heterocycles. The second kappa shape index (κ2) is 10.1. The minimum absolute atomic E-state index is 0.214. The largest absolute Gasteiger partial charge is 0.507 e. The number of aryl methyl sites for hydroxylation is 1. The van der Waals surface area contributed by atoms with Crippen molar-refractivity contribution in [2.45, 2.75) is 0 Å². The number of hydrogen-bond donors (Lipinski definition) is 1. The summed E-state index contributed by atoms with van der Waals surface area (Å²) in [7, 11) is 1.99. The summed E-state index contributed by atoms with van der Waals surface area (Å²) >= 11 is 1.81. The third-order valence-electron chi connectivity index (χ3n) is 7.97. The number of pyridine rings is 1. The number of hydrogen-bond acceptors (Lipinski definition) is 5. The van der Waals surface area contributed by atoms with E-state index < -0.39 is 0 Å². The molecule has 5 aromatic carbocycles. The molecule has 0 aliphatic rings. The van der Waals surface area contributed by atoms with Crippen molar-refractivity contribution in [1.29, 1.82) is 0 Å². The fourth-order valence-corrected chi connectivity index (χ4v) is 7.11. The molecule has 0 spiro atoms. The fourth-order valence-electron chi connectivity index (χ4n) is 5.99. The van der Waals surface area contributed by atoms with Crippen molar-refractivity contribution in [2.75, 3.05) is 4.90 Å². The molecule has 0 saturated heterocycles. The molecule has 0 aliphatic heterocycles. The van der Waals surface area contributed by atoms with Crippen LogP contribution >= 0.6 is 11.3 Å². The molecule has 0 radical (unpaired) electrons. The predicted molar refractivity (Wildman–Crippen MR) is 179 cm³/mol. The Balaban J connectivity index is 1.33. The van der Waals surface area contributed by atoms with E-state index in [0.29, 0.717) is 5.56 Å². The van der Waals surface area contributed by atoms with Gasteiger partial charge in [-0.1, -0.05) is 66.7 Å². The van der Waals surface area contributed by atoms with E-state index in [0.717, 1.165) is 45.2 Å². The topological polar surface area (TPSA) is 54.2 Å². The molecule has 5 nitrogen and oxygen atoms in total. The van der Waals surface area contributed by atoms with Gasteiger partial charge in [0, 0.05) is 44.7 Å². The highest BCUT2D eigenvalue weighted by Gasteiger charge is 2.21. The first-order valence-corrected chi connectivity index (χ1v) is 14.9. The Morgan fingerprint density at radius 3 is 2.37 bits per heavy atom. The van der Waals surface area contributed by atoms with Crippen LogP contribution in [0.15, 0.2) is 134 Å². The minimum Gasteiger partial charge on any atom is -0.507 e. The first kappa shape index (κ1) is 25.3. The summed E-state index contributed by atoms with van der Waals surface area (Å²) in [6.45, 7) is 0. The Kier molecular flexibility index (Phi) is 5.94. The van der Waals surface area contributed by atoms with Crippen LogP contribution in [0.2, 0.25) is 0 Å². The second-order valence-corrected chi connectivity index (χ2v) is 11.6. The van der Waals surface area contributed by atoms with Gasteiger partial charge in [-0.15, -0.1) is 11.3 Å². The average Bonchev–Trinajstić information content (AvgIpc) is 3.60. The van der Waals surface area contributed by atoms with Crippen LogP contribution in [0.4, 0.5) is 17.2 Å². The van der Waals surface area contributed by atoms with Gasteiger partial charge in [-0.25, -0.2) is 9.97 Å². The van der Waals surface area contributed by atoms with Crippen molar-refractivity contribution < 1.29 is 5.11 Å². The second-order valence-electron chi connectivity index (χ2n) is 10.5. The first-order valence-electron chi connectivity index (χ1n) is 14.1. The highest BCUT2D eigenvalue weighted by atomic mass is 32.1. The van der Waals surface area contributed by atoms with Gasteiger partial charge in [0.25, 0.3) is 0 Å². The van der Waals surface area contributed by atoms with Crippen molar-refractivity contribution >= 4 is 59.7 Å². The third kappa shape index (κ3) is 4.15. The Hall–Kier alpha value is -5.46. The van der Waals surface area contributed by atoms with Gasteiger partial charge < -0.3 is 9.67 Å². The summed E-state index contributed by atoms with van der Waals surface area (Å²) < 4.78 is 4.55. The SMILES string of the molecule is Cn1c(-c2ccccc2O)nc2c(-c3cccc(N(c4ccccn4)c4cccc5sc6ccccc6c45)c3)cccc21. The summed E-state index contributed by atoms with van der Waals surface area (Å²) in [5.41, 5.74) is 6.76. The van der Waals surface area contributed by atoms with Gasteiger partial charge in [0.1, 0.15) is 17.4 Å². The molecule has 6 heteroatoms. The van der Waals surface area contributed by atoms with E-state index in [1.807, 2.05) is 59.5 Å². The number of phenolic OH excluding ortho intramolecular Hbond substituents is 1. The van der Waals surface area contributed by atoms with E-state index in [2.05, 4.69) is 95.9 Å². The number of benzene rings is 5. The molecule has 8 aromatic rings. The number of para-hydroxylation sites is 2. The number of thiophene rings is 1. The van der Waals surface area contributed by atoms with Crippen LogP contribution in [0.1, 0.15) is 0 Å². The van der Waals surface area contributed by atoms with Crippen LogP contribution in [0.25, 0.3) is 53.7 Å². The maximum Gasteiger partial charge on any atom is 0.144 e. The van der Waals surface area contributed by atoms with Gasteiger partial charge >= 0.3 is 0 Å². The minimum atomic E-state index is 0.214. The molecular formula is C37H26N4OS. The Morgan fingerprint density at radius 1 is 0.721 bits per heavy atom. The molecule has 0 aliphatic carbocycles. The zero-order valence-electron chi connectivity index (χ0n) is 23.3.